The van der Waals surface area contributed by atoms with Crippen molar-refractivity contribution in [2.45, 2.75) is 49.3 Å². The summed E-state index contributed by atoms with van der Waals surface area (Å²) in [5, 5.41) is 3.25. The fourth-order valence-corrected chi connectivity index (χ4v) is 6.55. The van der Waals surface area contributed by atoms with Gasteiger partial charge in [-0.05, 0) is 37.4 Å². The van der Waals surface area contributed by atoms with E-state index in [9.17, 15) is 4.79 Å². The maximum Gasteiger partial charge on any atom is 0.249 e. The number of carbonyl (C=O) groups excluding carboxylic acids is 1. The highest BCUT2D eigenvalue weighted by Crippen LogP contribution is 2.58. The first-order valence-corrected chi connectivity index (χ1v) is 12.6. The van der Waals surface area contributed by atoms with Crippen LogP contribution in [-0.4, -0.2) is 24.6 Å². The van der Waals surface area contributed by atoms with E-state index in [4.69, 9.17) is 26.8 Å². The Morgan fingerprint density at radius 2 is 1.97 bits per heavy atom. The zero-order valence-electron chi connectivity index (χ0n) is 19.2. The molecule has 8 heteroatoms. The number of rotatable bonds is 4. The van der Waals surface area contributed by atoms with Gasteiger partial charge in [-0.15, -0.1) is 0 Å². The summed E-state index contributed by atoms with van der Waals surface area (Å²) in [6.07, 6.45) is 2.85. The van der Waals surface area contributed by atoms with Gasteiger partial charge in [-0.1, -0.05) is 41.9 Å². The van der Waals surface area contributed by atoms with Gasteiger partial charge < -0.3 is 20.5 Å². The second kappa shape index (κ2) is 7.67. The fourth-order valence-electron chi connectivity index (χ4n) is 6.29. The van der Waals surface area contributed by atoms with Gasteiger partial charge in [-0.2, -0.15) is 0 Å². The minimum Gasteiger partial charge on any atom is -0.486 e. The van der Waals surface area contributed by atoms with Gasteiger partial charge in [0.2, 0.25) is 5.91 Å². The summed E-state index contributed by atoms with van der Waals surface area (Å²) in [6.45, 7) is 0.839. The molecule has 1 saturated carbocycles. The number of fused-ring (bicyclic) bond motifs is 4. The van der Waals surface area contributed by atoms with Gasteiger partial charge >= 0.3 is 0 Å². The number of benzene rings is 3. The minimum atomic E-state index is -0.843. The third-order valence-corrected chi connectivity index (χ3v) is 8.44. The van der Waals surface area contributed by atoms with Crippen molar-refractivity contribution >= 4 is 17.5 Å². The molecule has 3 aliphatic heterocycles. The van der Waals surface area contributed by atoms with Crippen molar-refractivity contribution in [1.82, 2.24) is 5.32 Å². The minimum absolute atomic E-state index is 0.0340. The molecule has 3 aromatic carbocycles. The second-order valence-electron chi connectivity index (χ2n) is 10.1. The van der Waals surface area contributed by atoms with Crippen molar-refractivity contribution in [3.8, 4) is 22.6 Å². The number of carbonyl (C=O) groups is 1. The first-order chi connectivity index (χ1) is 17.4. The summed E-state index contributed by atoms with van der Waals surface area (Å²) < 4.78 is 43.7. The van der Waals surface area contributed by atoms with E-state index < -0.39 is 23.1 Å². The standard InChI is InChI=1S/C28H23ClF2N2O3/c29-24-18(30)11-20-17(12-28(36-20,21-7-4-8-33-21)13-5-2-1-3-6-13)22(24)23-16(27(32)34)9-15-14-10-19(14)35-26(15)25(23)31/h1-3,5-6,9,11,14,19,21,33H,4,7-8,10,12H2,(H2,32,34)/t14?,19?,21-,28-/m0/s1. The van der Waals surface area contributed by atoms with Gasteiger partial charge in [-0.25, -0.2) is 8.78 Å². The summed E-state index contributed by atoms with van der Waals surface area (Å²) in [5.74, 6) is -1.87. The molecule has 2 unspecified atom stereocenters. The fraction of sp³-hybridized carbons (Fsp3) is 0.321. The van der Waals surface area contributed by atoms with Crippen molar-refractivity contribution in [1.29, 1.82) is 0 Å². The van der Waals surface area contributed by atoms with Crippen LogP contribution in [-0.2, 0) is 12.0 Å². The number of nitrogens with one attached hydrogen (secondary N) is 1. The molecule has 4 atom stereocenters. The zero-order chi connectivity index (χ0) is 24.8. The van der Waals surface area contributed by atoms with Crippen LogP contribution in [0.4, 0.5) is 8.78 Å². The molecule has 1 amide bonds. The Labute approximate surface area is 211 Å². The molecule has 4 aliphatic rings. The molecular weight excluding hydrogens is 486 g/mol. The summed E-state index contributed by atoms with van der Waals surface area (Å²) in [6, 6.07) is 12.5. The average Bonchev–Trinajstić information content (AvgIpc) is 3.22. The third-order valence-electron chi connectivity index (χ3n) is 8.07. The zero-order valence-corrected chi connectivity index (χ0v) is 20.0. The van der Waals surface area contributed by atoms with Gasteiger partial charge in [0.25, 0.3) is 0 Å². The van der Waals surface area contributed by atoms with E-state index in [-0.39, 0.29) is 51.3 Å². The van der Waals surface area contributed by atoms with Crippen LogP contribution in [0.2, 0.25) is 5.02 Å². The van der Waals surface area contributed by atoms with Crippen LogP contribution >= 0.6 is 11.6 Å². The third kappa shape index (κ3) is 2.99. The predicted molar refractivity (Wildman–Crippen MR) is 131 cm³/mol. The Hall–Kier alpha value is -3.16. The molecule has 1 aliphatic carbocycles. The average molecular weight is 509 g/mol. The molecular formula is C28H23ClF2N2O3. The monoisotopic (exact) mass is 508 g/mol. The van der Waals surface area contributed by atoms with Crippen LogP contribution in [0.5, 0.6) is 11.5 Å². The lowest BCUT2D eigenvalue weighted by molar-refractivity contribution is 0.0539. The quantitative estimate of drug-likeness (QED) is 0.507. The Kier molecular flexibility index (Phi) is 4.70. The Morgan fingerprint density at radius 1 is 1.17 bits per heavy atom. The van der Waals surface area contributed by atoms with E-state index in [0.717, 1.165) is 31.4 Å². The highest BCUT2D eigenvalue weighted by molar-refractivity contribution is 6.34. The first kappa shape index (κ1) is 22.1. The maximum absolute atomic E-state index is 16.1. The highest BCUT2D eigenvalue weighted by atomic mass is 35.5. The van der Waals surface area contributed by atoms with Crippen LogP contribution in [0.25, 0.3) is 11.1 Å². The number of hydrogen-bond acceptors (Lipinski definition) is 4. The summed E-state index contributed by atoms with van der Waals surface area (Å²) >= 11 is 6.54. The van der Waals surface area contributed by atoms with Crippen molar-refractivity contribution in [3.63, 3.8) is 0 Å². The molecule has 2 fully saturated rings. The largest absolute Gasteiger partial charge is 0.486 e. The Bertz CT molecular complexity index is 1440. The van der Waals surface area contributed by atoms with Gasteiger partial charge in [0.05, 0.1) is 16.6 Å². The molecule has 0 radical (unpaired) electrons. The molecule has 3 heterocycles. The van der Waals surface area contributed by atoms with Crippen molar-refractivity contribution in [2.24, 2.45) is 5.73 Å². The summed E-state index contributed by atoms with van der Waals surface area (Å²) in [7, 11) is 0. The van der Waals surface area contributed by atoms with Crippen LogP contribution in [0.15, 0.2) is 42.5 Å². The first-order valence-electron chi connectivity index (χ1n) is 12.2. The number of halogens is 3. The van der Waals surface area contributed by atoms with Gasteiger partial charge in [0.1, 0.15) is 17.7 Å². The Morgan fingerprint density at radius 3 is 2.69 bits per heavy atom. The molecule has 0 aromatic heterocycles. The number of ether oxygens (including phenoxy) is 2. The SMILES string of the molecule is NC(=O)c1cc2c(c(F)c1-c1c(Cl)c(F)cc3c1C[C@](c1ccccc1)([C@@H]1CCCN1)O3)OC1CC21. The number of primary amides is 1. The van der Waals surface area contributed by atoms with E-state index in [1.165, 1.54) is 6.07 Å². The highest BCUT2D eigenvalue weighted by Gasteiger charge is 2.52. The number of hydrogen-bond donors (Lipinski definition) is 2. The van der Waals surface area contributed by atoms with Crippen molar-refractivity contribution in [3.05, 3.63) is 81.4 Å². The number of nitrogens with two attached hydrogens (primary N) is 1. The molecule has 184 valence electrons. The molecule has 0 bridgehead atoms. The predicted octanol–water partition coefficient (Wildman–Crippen LogP) is 5.21. The lowest BCUT2D eigenvalue weighted by atomic mass is 9.80. The normalized spacial score (nSPS) is 27.1. The van der Waals surface area contributed by atoms with Crippen molar-refractivity contribution in [2.75, 3.05) is 6.54 Å². The van der Waals surface area contributed by atoms with Gasteiger partial charge in [0.15, 0.2) is 17.2 Å². The van der Waals surface area contributed by atoms with Crippen LogP contribution in [0, 0.1) is 11.6 Å². The van der Waals surface area contributed by atoms with Crippen LogP contribution < -0.4 is 20.5 Å². The molecule has 3 N–H and O–H groups in total. The lowest BCUT2D eigenvalue weighted by Gasteiger charge is -2.35. The van der Waals surface area contributed by atoms with E-state index >= 15 is 8.78 Å². The molecule has 3 aromatic rings. The second-order valence-corrected chi connectivity index (χ2v) is 10.5. The van der Waals surface area contributed by atoms with E-state index in [1.807, 2.05) is 30.3 Å². The van der Waals surface area contributed by atoms with Crippen molar-refractivity contribution < 1.29 is 23.0 Å². The van der Waals surface area contributed by atoms with Gasteiger partial charge in [-0.3, -0.25) is 4.79 Å². The van der Waals surface area contributed by atoms with E-state index in [1.54, 1.807) is 6.07 Å². The maximum atomic E-state index is 16.1. The van der Waals surface area contributed by atoms with Crippen LogP contribution in [0.1, 0.15) is 52.2 Å². The Balaban J connectivity index is 1.46. The molecule has 36 heavy (non-hydrogen) atoms. The number of amides is 1. The van der Waals surface area contributed by atoms with Crippen LogP contribution in [0.3, 0.4) is 0 Å². The molecule has 0 spiro atoms. The summed E-state index contributed by atoms with van der Waals surface area (Å²) in [4.78, 5) is 12.6. The molecule has 5 nitrogen and oxygen atoms in total. The molecule has 7 rings (SSSR count). The summed E-state index contributed by atoms with van der Waals surface area (Å²) in [5.41, 5.74) is 6.92. The van der Waals surface area contributed by atoms with E-state index in [0.29, 0.717) is 17.5 Å². The lowest BCUT2D eigenvalue weighted by Crippen LogP contribution is -2.48. The van der Waals surface area contributed by atoms with E-state index in [2.05, 4.69) is 5.32 Å². The van der Waals surface area contributed by atoms with Gasteiger partial charge in [0, 0.05) is 40.7 Å². The topological polar surface area (TPSA) is 73.6 Å². The molecule has 1 saturated heterocycles. The smallest absolute Gasteiger partial charge is 0.249 e.